The van der Waals surface area contributed by atoms with Gasteiger partial charge in [0.25, 0.3) is 5.91 Å². The lowest BCUT2D eigenvalue weighted by atomic mass is 10.1. The van der Waals surface area contributed by atoms with Crippen molar-refractivity contribution in [3.63, 3.8) is 0 Å². The Labute approximate surface area is 124 Å². The summed E-state index contributed by atoms with van der Waals surface area (Å²) in [7, 11) is 0. The molecule has 1 aromatic rings. The monoisotopic (exact) mass is 300 g/mol. The number of amides is 1. The zero-order valence-electron chi connectivity index (χ0n) is 11.6. The number of rotatable bonds is 7. The molecule has 0 aliphatic rings. The number of anilines is 1. The maximum absolute atomic E-state index is 12.2. The molecule has 1 unspecified atom stereocenters. The van der Waals surface area contributed by atoms with Gasteiger partial charge in [0.05, 0.1) is 5.56 Å². The third-order valence-corrected chi connectivity index (χ3v) is 3.95. The number of benzene rings is 1. The molecule has 0 aliphatic heterocycles. The van der Waals surface area contributed by atoms with Crippen LogP contribution < -0.4 is 10.6 Å². The average molecular weight is 301 g/mol. The third kappa shape index (κ3) is 5.33. The first kappa shape index (κ1) is 16.2. The SMILES string of the molecule is CCCNc1ccc(Cl)cc1C(=O)NCC(C)SC. The summed E-state index contributed by atoms with van der Waals surface area (Å²) in [6.45, 7) is 5.66. The number of carbonyl (C=O) groups is 1. The first-order chi connectivity index (χ1) is 9.08. The summed E-state index contributed by atoms with van der Waals surface area (Å²) < 4.78 is 0. The van der Waals surface area contributed by atoms with E-state index < -0.39 is 0 Å². The van der Waals surface area contributed by atoms with Crippen molar-refractivity contribution in [1.29, 1.82) is 0 Å². The molecule has 0 bridgehead atoms. The predicted octanol–water partition coefficient (Wildman–Crippen LogP) is 3.64. The van der Waals surface area contributed by atoms with Gasteiger partial charge in [-0.05, 0) is 30.9 Å². The van der Waals surface area contributed by atoms with E-state index in [0.717, 1.165) is 18.7 Å². The summed E-state index contributed by atoms with van der Waals surface area (Å²) in [5.41, 5.74) is 1.44. The van der Waals surface area contributed by atoms with Crippen molar-refractivity contribution in [3.05, 3.63) is 28.8 Å². The summed E-state index contributed by atoms with van der Waals surface area (Å²) in [4.78, 5) is 12.2. The zero-order chi connectivity index (χ0) is 14.3. The van der Waals surface area contributed by atoms with Crippen molar-refractivity contribution in [2.75, 3.05) is 24.7 Å². The standard InChI is InChI=1S/C14H21ClN2OS/c1-4-7-16-13-6-5-11(15)8-12(13)14(18)17-9-10(2)19-3/h5-6,8,10,16H,4,7,9H2,1-3H3,(H,17,18). The molecule has 2 N–H and O–H groups in total. The van der Waals surface area contributed by atoms with Crippen LogP contribution in [0.5, 0.6) is 0 Å². The minimum Gasteiger partial charge on any atom is -0.384 e. The molecule has 0 saturated carbocycles. The summed E-state index contributed by atoms with van der Waals surface area (Å²) in [6.07, 6.45) is 3.04. The molecular weight excluding hydrogens is 280 g/mol. The Morgan fingerprint density at radius 3 is 2.84 bits per heavy atom. The first-order valence-corrected chi connectivity index (χ1v) is 8.09. The molecule has 1 aromatic carbocycles. The fourth-order valence-electron chi connectivity index (χ4n) is 1.53. The van der Waals surface area contributed by atoms with Crippen molar-refractivity contribution in [1.82, 2.24) is 5.32 Å². The van der Waals surface area contributed by atoms with Crippen LogP contribution in [-0.4, -0.2) is 30.5 Å². The van der Waals surface area contributed by atoms with Crippen LogP contribution in [0.25, 0.3) is 0 Å². The highest BCUT2D eigenvalue weighted by Gasteiger charge is 2.12. The van der Waals surface area contributed by atoms with Gasteiger partial charge < -0.3 is 10.6 Å². The van der Waals surface area contributed by atoms with Crippen molar-refractivity contribution in [3.8, 4) is 0 Å². The second kappa shape index (κ2) is 8.33. The second-order valence-electron chi connectivity index (χ2n) is 4.37. The lowest BCUT2D eigenvalue weighted by Crippen LogP contribution is -2.30. The molecule has 19 heavy (non-hydrogen) atoms. The number of hydrogen-bond donors (Lipinski definition) is 2. The van der Waals surface area contributed by atoms with Crippen LogP contribution in [0.4, 0.5) is 5.69 Å². The van der Waals surface area contributed by atoms with Gasteiger partial charge in [-0.25, -0.2) is 0 Å². The Balaban J connectivity index is 2.78. The molecule has 3 nitrogen and oxygen atoms in total. The highest BCUT2D eigenvalue weighted by atomic mass is 35.5. The van der Waals surface area contributed by atoms with E-state index >= 15 is 0 Å². The molecule has 0 aliphatic carbocycles. The van der Waals surface area contributed by atoms with E-state index in [2.05, 4.69) is 24.5 Å². The lowest BCUT2D eigenvalue weighted by Gasteiger charge is -2.14. The zero-order valence-corrected chi connectivity index (χ0v) is 13.2. The average Bonchev–Trinajstić information content (AvgIpc) is 2.42. The highest BCUT2D eigenvalue weighted by molar-refractivity contribution is 7.99. The molecule has 0 radical (unpaired) electrons. The fourth-order valence-corrected chi connectivity index (χ4v) is 1.96. The number of halogens is 1. The molecule has 5 heteroatoms. The van der Waals surface area contributed by atoms with Gasteiger partial charge >= 0.3 is 0 Å². The Morgan fingerprint density at radius 1 is 1.47 bits per heavy atom. The smallest absolute Gasteiger partial charge is 0.253 e. The number of carbonyl (C=O) groups excluding carboxylic acids is 1. The Kier molecular flexibility index (Phi) is 7.10. The van der Waals surface area contributed by atoms with Crippen LogP contribution >= 0.6 is 23.4 Å². The molecule has 1 atom stereocenters. The molecule has 0 spiro atoms. The van der Waals surface area contributed by atoms with E-state index in [1.165, 1.54) is 0 Å². The minimum absolute atomic E-state index is 0.0815. The second-order valence-corrected chi connectivity index (χ2v) is 6.09. The maximum atomic E-state index is 12.2. The van der Waals surface area contributed by atoms with E-state index in [1.807, 2.05) is 12.3 Å². The lowest BCUT2D eigenvalue weighted by molar-refractivity contribution is 0.0955. The molecule has 0 fully saturated rings. The number of hydrogen-bond acceptors (Lipinski definition) is 3. The number of thioether (sulfide) groups is 1. The van der Waals surface area contributed by atoms with Crippen molar-refractivity contribution < 1.29 is 4.79 Å². The summed E-state index contributed by atoms with van der Waals surface area (Å²) in [5.74, 6) is -0.0815. The van der Waals surface area contributed by atoms with Gasteiger partial charge in [-0.1, -0.05) is 25.4 Å². The molecule has 1 amide bonds. The van der Waals surface area contributed by atoms with E-state index in [0.29, 0.717) is 22.4 Å². The summed E-state index contributed by atoms with van der Waals surface area (Å²) in [5, 5.41) is 7.16. The Hall–Kier alpha value is -0.870. The van der Waals surface area contributed by atoms with Crippen molar-refractivity contribution >= 4 is 35.0 Å². The van der Waals surface area contributed by atoms with Gasteiger partial charge in [0.2, 0.25) is 0 Å². The van der Waals surface area contributed by atoms with E-state index in [4.69, 9.17) is 11.6 Å². The predicted molar refractivity (Wildman–Crippen MR) is 85.5 cm³/mol. The number of nitrogens with one attached hydrogen (secondary N) is 2. The quantitative estimate of drug-likeness (QED) is 0.808. The highest BCUT2D eigenvalue weighted by Crippen LogP contribution is 2.21. The van der Waals surface area contributed by atoms with Gasteiger partial charge in [0.1, 0.15) is 0 Å². The summed E-state index contributed by atoms with van der Waals surface area (Å²) in [6, 6.07) is 5.35. The molecule has 0 heterocycles. The van der Waals surface area contributed by atoms with E-state index in [-0.39, 0.29) is 5.91 Å². The molecular formula is C14H21ClN2OS. The van der Waals surface area contributed by atoms with E-state index in [9.17, 15) is 4.79 Å². The Morgan fingerprint density at radius 2 is 2.21 bits per heavy atom. The Bertz CT molecular complexity index is 426. The van der Waals surface area contributed by atoms with Gasteiger partial charge in [-0.3, -0.25) is 4.79 Å². The summed E-state index contributed by atoms with van der Waals surface area (Å²) >= 11 is 7.70. The fraction of sp³-hybridized carbons (Fsp3) is 0.500. The van der Waals surface area contributed by atoms with Crippen molar-refractivity contribution in [2.45, 2.75) is 25.5 Å². The van der Waals surface area contributed by atoms with Gasteiger partial charge in [-0.2, -0.15) is 11.8 Å². The minimum atomic E-state index is -0.0815. The molecule has 0 saturated heterocycles. The molecule has 0 aromatic heterocycles. The van der Waals surface area contributed by atoms with Gasteiger partial charge in [0, 0.05) is 29.0 Å². The largest absolute Gasteiger partial charge is 0.384 e. The third-order valence-electron chi connectivity index (χ3n) is 2.74. The van der Waals surface area contributed by atoms with Crippen LogP contribution in [0.15, 0.2) is 18.2 Å². The normalized spacial score (nSPS) is 12.0. The van der Waals surface area contributed by atoms with Crippen LogP contribution in [-0.2, 0) is 0 Å². The first-order valence-electron chi connectivity index (χ1n) is 6.42. The van der Waals surface area contributed by atoms with Crippen LogP contribution in [0.3, 0.4) is 0 Å². The van der Waals surface area contributed by atoms with Crippen LogP contribution in [0, 0.1) is 0 Å². The molecule has 106 valence electrons. The topological polar surface area (TPSA) is 41.1 Å². The molecule has 1 rings (SSSR count). The van der Waals surface area contributed by atoms with Gasteiger partial charge in [-0.15, -0.1) is 0 Å². The van der Waals surface area contributed by atoms with Crippen molar-refractivity contribution in [2.24, 2.45) is 0 Å². The van der Waals surface area contributed by atoms with Gasteiger partial charge in [0.15, 0.2) is 0 Å². The van der Waals surface area contributed by atoms with Crippen LogP contribution in [0.1, 0.15) is 30.6 Å². The maximum Gasteiger partial charge on any atom is 0.253 e. The van der Waals surface area contributed by atoms with Crippen LogP contribution in [0.2, 0.25) is 5.02 Å². The van der Waals surface area contributed by atoms with E-state index in [1.54, 1.807) is 23.9 Å².